The first-order valence-electron chi connectivity index (χ1n) is 4.03. The summed E-state index contributed by atoms with van der Waals surface area (Å²) in [5, 5.41) is 9.70. The lowest BCUT2D eigenvalue weighted by Crippen LogP contribution is -1.97. The number of aliphatic hydroxyl groups is 1. The molecule has 1 heterocycles. The summed E-state index contributed by atoms with van der Waals surface area (Å²) in [4.78, 5) is 0. The predicted octanol–water partition coefficient (Wildman–Crippen LogP) is 2.58. The smallest absolute Gasteiger partial charge is 0.187 e. The minimum absolute atomic E-state index is 0.172. The van der Waals surface area contributed by atoms with Crippen LogP contribution in [-0.2, 0) is 0 Å². The van der Waals surface area contributed by atoms with E-state index >= 15 is 0 Å². The van der Waals surface area contributed by atoms with E-state index < -0.39 is 0 Å². The molecule has 1 aromatic carbocycles. The van der Waals surface area contributed by atoms with Crippen molar-refractivity contribution in [1.82, 2.24) is 0 Å². The highest BCUT2D eigenvalue weighted by Gasteiger charge is 2.13. The average Bonchev–Trinajstić information content (AvgIpc) is 2.71. The first-order valence-corrected chi connectivity index (χ1v) is 4.03. The molecule has 0 saturated heterocycles. The van der Waals surface area contributed by atoms with Gasteiger partial charge in [-0.25, -0.2) is 0 Å². The molecule has 2 nitrogen and oxygen atoms in total. The molecule has 2 rings (SSSR count). The van der Waals surface area contributed by atoms with Gasteiger partial charge in [0.1, 0.15) is 5.76 Å². The zero-order valence-corrected chi connectivity index (χ0v) is 6.97. The second kappa shape index (κ2) is 3.46. The van der Waals surface area contributed by atoms with Crippen LogP contribution in [0.2, 0.25) is 0 Å². The molecule has 0 bridgehead atoms. The van der Waals surface area contributed by atoms with Gasteiger partial charge in [-0.05, 0) is 17.7 Å². The van der Waals surface area contributed by atoms with E-state index in [-0.39, 0.29) is 6.10 Å². The highest BCUT2D eigenvalue weighted by Crippen LogP contribution is 2.20. The second-order valence-corrected chi connectivity index (χ2v) is 2.69. The van der Waals surface area contributed by atoms with Crippen molar-refractivity contribution in [1.29, 1.82) is 0 Å². The highest BCUT2D eigenvalue weighted by atomic mass is 16.4. The van der Waals surface area contributed by atoms with Crippen LogP contribution in [-0.4, -0.2) is 5.11 Å². The maximum atomic E-state index is 9.70. The van der Waals surface area contributed by atoms with Gasteiger partial charge in [0, 0.05) is 0 Å². The Labute approximate surface area is 76.4 Å². The van der Waals surface area contributed by atoms with Crippen LogP contribution in [0.1, 0.15) is 11.3 Å². The quantitative estimate of drug-likeness (QED) is 0.757. The Morgan fingerprint density at radius 2 is 1.77 bits per heavy atom. The fourth-order valence-corrected chi connectivity index (χ4v) is 1.15. The topological polar surface area (TPSA) is 33.4 Å². The number of benzene rings is 1. The summed E-state index contributed by atoms with van der Waals surface area (Å²) in [6, 6.07) is 12.8. The standard InChI is InChI=1S/C11H9O2/c12-11(10-7-4-8-13-10)9-5-2-1-3-6-9/h1-8,12H. The molecule has 0 fully saturated rings. The van der Waals surface area contributed by atoms with Gasteiger partial charge in [-0.2, -0.15) is 0 Å². The van der Waals surface area contributed by atoms with Crippen molar-refractivity contribution in [3.05, 3.63) is 66.2 Å². The predicted molar refractivity (Wildman–Crippen MR) is 48.5 cm³/mol. The van der Waals surface area contributed by atoms with Crippen molar-refractivity contribution in [2.75, 3.05) is 0 Å². The van der Waals surface area contributed by atoms with Gasteiger partial charge in [0.15, 0.2) is 6.10 Å². The molecule has 0 aliphatic carbocycles. The molecule has 1 aromatic heterocycles. The lowest BCUT2D eigenvalue weighted by Gasteiger charge is -2.04. The van der Waals surface area contributed by atoms with Crippen LogP contribution < -0.4 is 0 Å². The number of hydrogen-bond acceptors (Lipinski definition) is 2. The monoisotopic (exact) mass is 173 g/mol. The zero-order valence-electron chi connectivity index (χ0n) is 6.97. The number of hydrogen-bond donors (Lipinski definition) is 1. The van der Waals surface area contributed by atoms with Gasteiger partial charge in [0.05, 0.1) is 6.26 Å². The van der Waals surface area contributed by atoms with Crippen LogP contribution in [0, 0.1) is 6.10 Å². The van der Waals surface area contributed by atoms with E-state index in [9.17, 15) is 5.11 Å². The zero-order chi connectivity index (χ0) is 9.10. The largest absolute Gasteiger partial charge is 0.466 e. The summed E-state index contributed by atoms with van der Waals surface area (Å²) in [7, 11) is 0. The molecule has 2 heteroatoms. The Balaban J connectivity index is 2.29. The normalized spacial score (nSPS) is 10.6. The SMILES string of the molecule is O[C](c1ccccc1)c1ccco1. The molecular weight excluding hydrogens is 164 g/mol. The molecule has 1 radical (unpaired) electrons. The summed E-state index contributed by atoms with van der Waals surface area (Å²) < 4.78 is 5.06. The minimum atomic E-state index is 0.172. The minimum Gasteiger partial charge on any atom is -0.466 e. The molecule has 0 unspecified atom stereocenters. The van der Waals surface area contributed by atoms with Crippen LogP contribution in [0.25, 0.3) is 0 Å². The third kappa shape index (κ3) is 1.63. The molecule has 0 saturated carbocycles. The summed E-state index contributed by atoms with van der Waals surface area (Å²) in [5.41, 5.74) is 0.762. The second-order valence-electron chi connectivity index (χ2n) is 2.69. The number of aliphatic hydroxyl groups excluding tert-OH is 1. The van der Waals surface area contributed by atoms with E-state index in [0.717, 1.165) is 5.56 Å². The number of rotatable bonds is 2. The molecule has 0 aliphatic rings. The van der Waals surface area contributed by atoms with Gasteiger partial charge in [0.2, 0.25) is 0 Å². The Morgan fingerprint density at radius 1 is 1.00 bits per heavy atom. The van der Waals surface area contributed by atoms with Crippen molar-refractivity contribution in [3.63, 3.8) is 0 Å². The van der Waals surface area contributed by atoms with Crippen molar-refractivity contribution >= 4 is 0 Å². The van der Waals surface area contributed by atoms with Crippen molar-refractivity contribution in [2.45, 2.75) is 0 Å². The Morgan fingerprint density at radius 3 is 2.38 bits per heavy atom. The van der Waals surface area contributed by atoms with Crippen LogP contribution in [0.3, 0.4) is 0 Å². The first-order chi connectivity index (χ1) is 6.38. The van der Waals surface area contributed by atoms with E-state index in [4.69, 9.17) is 4.42 Å². The third-order valence-electron chi connectivity index (χ3n) is 1.80. The molecule has 1 N–H and O–H groups in total. The van der Waals surface area contributed by atoms with E-state index in [1.54, 1.807) is 12.1 Å². The van der Waals surface area contributed by atoms with Gasteiger partial charge in [-0.1, -0.05) is 30.3 Å². The molecule has 0 amide bonds. The molecule has 0 spiro atoms. The van der Waals surface area contributed by atoms with Gasteiger partial charge in [-0.3, -0.25) is 0 Å². The maximum Gasteiger partial charge on any atom is 0.187 e. The third-order valence-corrected chi connectivity index (χ3v) is 1.80. The van der Waals surface area contributed by atoms with Gasteiger partial charge >= 0.3 is 0 Å². The van der Waals surface area contributed by atoms with Gasteiger partial charge < -0.3 is 9.52 Å². The molecule has 65 valence electrons. The molecular formula is C11H9O2. The van der Waals surface area contributed by atoms with Crippen LogP contribution in [0.15, 0.2) is 53.1 Å². The number of furan rings is 1. The van der Waals surface area contributed by atoms with Gasteiger partial charge in [-0.15, -0.1) is 0 Å². The van der Waals surface area contributed by atoms with Crippen LogP contribution >= 0.6 is 0 Å². The average molecular weight is 173 g/mol. The maximum absolute atomic E-state index is 9.70. The first kappa shape index (κ1) is 8.08. The van der Waals surface area contributed by atoms with Crippen molar-refractivity contribution in [3.8, 4) is 0 Å². The Hall–Kier alpha value is -1.54. The summed E-state index contributed by atoms with van der Waals surface area (Å²) in [6.45, 7) is 0. The lowest BCUT2D eigenvalue weighted by molar-refractivity contribution is 0.319. The fraction of sp³-hybridized carbons (Fsp3) is 0. The fourth-order valence-electron chi connectivity index (χ4n) is 1.15. The van der Waals surface area contributed by atoms with E-state index in [0.29, 0.717) is 5.76 Å². The van der Waals surface area contributed by atoms with Crippen LogP contribution in [0.4, 0.5) is 0 Å². The summed E-state index contributed by atoms with van der Waals surface area (Å²) in [5.74, 6) is 0.492. The molecule has 2 aromatic rings. The van der Waals surface area contributed by atoms with Crippen molar-refractivity contribution in [2.24, 2.45) is 0 Å². The highest BCUT2D eigenvalue weighted by molar-refractivity contribution is 5.35. The van der Waals surface area contributed by atoms with Crippen LogP contribution in [0.5, 0.6) is 0 Å². The van der Waals surface area contributed by atoms with E-state index in [1.165, 1.54) is 6.26 Å². The lowest BCUT2D eigenvalue weighted by atomic mass is 10.1. The summed E-state index contributed by atoms with van der Waals surface area (Å²) >= 11 is 0. The van der Waals surface area contributed by atoms with Gasteiger partial charge in [0.25, 0.3) is 0 Å². The van der Waals surface area contributed by atoms with E-state index in [2.05, 4.69) is 0 Å². The Kier molecular flexibility index (Phi) is 2.15. The molecule has 13 heavy (non-hydrogen) atoms. The van der Waals surface area contributed by atoms with E-state index in [1.807, 2.05) is 30.3 Å². The molecule has 0 atom stereocenters. The molecule has 0 aliphatic heterocycles. The Bertz CT molecular complexity index is 351. The van der Waals surface area contributed by atoms with Crippen molar-refractivity contribution < 1.29 is 9.52 Å². The summed E-state index contributed by atoms with van der Waals surface area (Å²) in [6.07, 6.45) is 1.71.